The van der Waals surface area contributed by atoms with Crippen molar-refractivity contribution in [2.45, 2.75) is 0 Å². The van der Waals surface area contributed by atoms with Crippen LogP contribution in [0.5, 0.6) is 0 Å². The fourth-order valence-corrected chi connectivity index (χ4v) is 8.46. The second kappa shape index (κ2) is 10.7. The van der Waals surface area contributed by atoms with Crippen molar-refractivity contribution in [3.05, 3.63) is 158 Å². The molecular weight excluding hydrogens is 605 g/mol. The van der Waals surface area contributed by atoms with Gasteiger partial charge in [-0.1, -0.05) is 127 Å². The molecule has 0 amide bonds. The van der Waals surface area contributed by atoms with E-state index in [0.717, 1.165) is 33.2 Å². The average molecular weight is 631 g/mol. The van der Waals surface area contributed by atoms with Gasteiger partial charge in [0.2, 0.25) is 0 Å². The molecule has 0 radical (unpaired) electrons. The smallest absolute Gasteiger partial charge is 0.165 e. The Morgan fingerprint density at radius 2 is 1.00 bits per heavy atom. The SMILES string of the molecule is c1ccc(-c2nc(-c3cccc4ccccc34)nc(-c3cccc4c3sc3c4ccc4c3c3ccccc3n4-c3ccccc3)n2)cc1. The summed E-state index contributed by atoms with van der Waals surface area (Å²) in [6.45, 7) is 0. The minimum absolute atomic E-state index is 0.662. The molecule has 10 rings (SSSR count). The van der Waals surface area contributed by atoms with E-state index in [0.29, 0.717) is 17.5 Å². The summed E-state index contributed by atoms with van der Waals surface area (Å²) in [7, 11) is 0. The van der Waals surface area contributed by atoms with E-state index in [4.69, 9.17) is 15.0 Å². The maximum absolute atomic E-state index is 5.21. The van der Waals surface area contributed by atoms with Gasteiger partial charge in [-0.25, -0.2) is 15.0 Å². The van der Waals surface area contributed by atoms with Crippen LogP contribution in [0.1, 0.15) is 0 Å². The average Bonchev–Trinajstić information content (AvgIpc) is 3.71. The molecule has 0 aliphatic carbocycles. The van der Waals surface area contributed by atoms with E-state index in [1.807, 2.05) is 29.5 Å². The number of nitrogens with zero attached hydrogens (tertiary/aromatic N) is 4. The molecule has 0 N–H and O–H groups in total. The van der Waals surface area contributed by atoms with Crippen molar-refractivity contribution in [2.24, 2.45) is 0 Å². The minimum Gasteiger partial charge on any atom is -0.309 e. The molecule has 0 saturated carbocycles. The molecule has 0 aliphatic heterocycles. The van der Waals surface area contributed by atoms with Crippen molar-refractivity contribution in [3.8, 4) is 39.9 Å². The van der Waals surface area contributed by atoms with Crippen LogP contribution in [0.2, 0.25) is 0 Å². The highest BCUT2D eigenvalue weighted by Crippen LogP contribution is 2.45. The second-order valence-corrected chi connectivity index (χ2v) is 13.0. The minimum atomic E-state index is 0.662. The molecule has 4 nitrogen and oxygen atoms in total. The maximum atomic E-state index is 5.21. The molecule has 0 atom stereocenters. The normalized spacial score (nSPS) is 11.8. The van der Waals surface area contributed by atoms with Gasteiger partial charge in [-0.05, 0) is 41.1 Å². The first kappa shape index (κ1) is 27.0. The molecule has 0 aliphatic rings. The van der Waals surface area contributed by atoms with Crippen LogP contribution in [0, 0.1) is 0 Å². The molecule has 5 heteroatoms. The molecule has 0 unspecified atom stereocenters. The Morgan fingerprint density at radius 1 is 0.396 bits per heavy atom. The predicted molar refractivity (Wildman–Crippen MR) is 201 cm³/mol. The van der Waals surface area contributed by atoms with Crippen LogP contribution in [0.4, 0.5) is 0 Å². The van der Waals surface area contributed by atoms with Gasteiger partial charge in [-0.2, -0.15) is 0 Å². The highest BCUT2D eigenvalue weighted by atomic mass is 32.1. The van der Waals surface area contributed by atoms with E-state index in [-0.39, 0.29) is 0 Å². The molecule has 7 aromatic carbocycles. The van der Waals surface area contributed by atoms with Crippen LogP contribution in [-0.4, -0.2) is 19.5 Å². The van der Waals surface area contributed by atoms with E-state index in [2.05, 4.69) is 144 Å². The van der Waals surface area contributed by atoms with Crippen LogP contribution in [0.15, 0.2) is 158 Å². The lowest BCUT2D eigenvalue weighted by Gasteiger charge is -2.10. The summed E-state index contributed by atoms with van der Waals surface area (Å²) >= 11 is 1.83. The van der Waals surface area contributed by atoms with E-state index < -0.39 is 0 Å². The van der Waals surface area contributed by atoms with Crippen molar-refractivity contribution in [3.63, 3.8) is 0 Å². The fraction of sp³-hybridized carbons (Fsp3) is 0. The van der Waals surface area contributed by atoms with Gasteiger partial charge in [0.25, 0.3) is 0 Å². The summed E-state index contributed by atoms with van der Waals surface area (Å²) < 4.78 is 4.82. The Bertz CT molecular complexity index is 2830. The largest absolute Gasteiger partial charge is 0.309 e. The number of thiophene rings is 1. The van der Waals surface area contributed by atoms with Crippen LogP contribution in [0.3, 0.4) is 0 Å². The number of benzene rings is 7. The van der Waals surface area contributed by atoms with Gasteiger partial charge >= 0.3 is 0 Å². The second-order valence-electron chi connectivity index (χ2n) is 12.0. The third-order valence-electron chi connectivity index (χ3n) is 9.25. The Hall–Kier alpha value is -6.17. The number of para-hydroxylation sites is 2. The van der Waals surface area contributed by atoms with E-state index in [1.54, 1.807) is 0 Å². The van der Waals surface area contributed by atoms with Gasteiger partial charge in [-0.15, -0.1) is 11.3 Å². The zero-order valence-electron chi connectivity index (χ0n) is 25.7. The number of hydrogen-bond donors (Lipinski definition) is 0. The van der Waals surface area contributed by atoms with E-state index in [1.165, 1.54) is 42.0 Å². The zero-order chi connectivity index (χ0) is 31.6. The summed E-state index contributed by atoms with van der Waals surface area (Å²) in [5.41, 5.74) is 6.52. The molecule has 3 heterocycles. The zero-order valence-corrected chi connectivity index (χ0v) is 26.5. The first-order valence-corrected chi connectivity index (χ1v) is 16.9. The van der Waals surface area contributed by atoms with Crippen molar-refractivity contribution in [2.75, 3.05) is 0 Å². The summed E-state index contributed by atoms with van der Waals surface area (Å²) in [4.78, 5) is 15.4. The monoisotopic (exact) mass is 630 g/mol. The topological polar surface area (TPSA) is 43.6 Å². The van der Waals surface area contributed by atoms with Gasteiger partial charge in [-0.3, -0.25) is 0 Å². The van der Waals surface area contributed by atoms with E-state index in [9.17, 15) is 0 Å². The maximum Gasteiger partial charge on any atom is 0.165 e. The molecule has 224 valence electrons. The molecule has 10 aromatic rings. The van der Waals surface area contributed by atoms with Gasteiger partial charge in [0.15, 0.2) is 17.5 Å². The molecule has 0 spiro atoms. The van der Waals surface area contributed by atoms with Crippen molar-refractivity contribution < 1.29 is 0 Å². The Balaban J connectivity index is 1.26. The van der Waals surface area contributed by atoms with Crippen LogP contribution >= 0.6 is 11.3 Å². The van der Waals surface area contributed by atoms with Crippen LogP contribution in [0.25, 0.3) is 92.6 Å². The lowest BCUT2D eigenvalue weighted by molar-refractivity contribution is 1.08. The Kier molecular flexibility index (Phi) is 6.01. The number of aromatic nitrogens is 4. The van der Waals surface area contributed by atoms with E-state index >= 15 is 0 Å². The molecule has 48 heavy (non-hydrogen) atoms. The third-order valence-corrected chi connectivity index (χ3v) is 10.5. The highest BCUT2D eigenvalue weighted by Gasteiger charge is 2.21. The summed E-state index contributed by atoms with van der Waals surface area (Å²) in [6.07, 6.45) is 0. The van der Waals surface area contributed by atoms with Crippen molar-refractivity contribution in [1.82, 2.24) is 19.5 Å². The van der Waals surface area contributed by atoms with Gasteiger partial charge in [0, 0.05) is 53.3 Å². The predicted octanol–water partition coefficient (Wildman–Crippen LogP) is 11.5. The third kappa shape index (κ3) is 4.11. The van der Waals surface area contributed by atoms with Crippen LogP contribution in [-0.2, 0) is 0 Å². The summed E-state index contributed by atoms with van der Waals surface area (Å²) in [5.74, 6) is 2.00. The van der Waals surface area contributed by atoms with Gasteiger partial charge in [0.05, 0.1) is 11.0 Å². The summed E-state index contributed by atoms with van der Waals surface area (Å²) in [5, 5.41) is 7.25. The van der Waals surface area contributed by atoms with Crippen molar-refractivity contribution in [1.29, 1.82) is 0 Å². The lowest BCUT2D eigenvalue weighted by Crippen LogP contribution is -2.00. The molecular formula is C43H26N4S. The Labute approximate surface area is 280 Å². The standard InChI is InChI=1S/C43H26N4S/c1-3-14-28(15-4-1)41-44-42(33-22-11-16-27-13-7-8-19-30(27)33)46-43(45-41)35-23-12-21-31-32-25-26-37-38(40(32)48-39(31)35)34-20-9-10-24-36(34)47(37)29-17-5-2-6-18-29/h1-26H. The Morgan fingerprint density at radius 3 is 1.85 bits per heavy atom. The molecule has 0 bridgehead atoms. The number of hydrogen-bond acceptors (Lipinski definition) is 4. The molecule has 0 saturated heterocycles. The lowest BCUT2D eigenvalue weighted by atomic mass is 10.0. The van der Waals surface area contributed by atoms with Gasteiger partial charge < -0.3 is 4.57 Å². The first-order chi connectivity index (χ1) is 23.8. The number of fused-ring (bicyclic) bond motifs is 8. The van der Waals surface area contributed by atoms with Gasteiger partial charge in [0.1, 0.15) is 0 Å². The molecule has 0 fully saturated rings. The number of rotatable bonds is 4. The summed E-state index contributed by atoms with van der Waals surface area (Å²) in [6, 6.07) is 55.3. The fourth-order valence-electron chi connectivity index (χ4n) is 7.09. The first-order valence-electron chi connectivity index (χ1n) is 16.0. The highest BCUT2D eigenvalue weighted by molar-refractivity contribution is 7.27. The molecule has 3 aromatic heterocycles. The van der Waals surface area contributed by atoms with Crippen molar-refractivity contribution >= 4 is 64.1 Å². The van der Waals surface area contributed by atoms with Crippen LogP contribution < -0.4 is 0 Å². The quantitative estimate of drug-likeness (QED) is 0.194.